The number of hydrogen-bond acceptors (Lipinski definition) is 6. The molecule has 0 saturated heterocycles. The molecule has 2 aromatic heterocycles. The molecule has 0 fully saturated rings. The predicted octanol–water partition coefficient (Wildman–Crippen LogP) is 9.93. The third-order valence-electron chi connectivity index (χ3n) is 8.57. The van der Waals surface area contributed by atoms with Gasteiger partial charge in [-0.1, -0.05) is 103 Å². The molecule has 6 aromatic carbocycles. The Morgan fingerprint density at radius 1 is 0.447 bits per heavy atom. The topological polar surface area (TPSA) is 67.7 Å². The number of benzene rings is 6. The Bertz CT molecular complexity index is 2340. The van der Waals surface area contributed by atoms with E-state index < -0.39 is 0 Å². The van der Waals surface area contributed by atoms with Crippen molar-refractivity contribution in [3.63, 3.8) is 0 Å². The summed E-state index contributed by atoms with van der Waals surface area (Å²) in [5, 5.41) is 2.33. The SMILES string of the molecule is c1ccc(-c2cc3c4c(cccc4c2)N(c2ccc(-c4nc(-c5ccccc5)nc(-c5ccccc5)n4)cc2)c2cncnc2-3)cc1. The zero-order chi connectivity index (χ0) is 31.2. The fourth-order valence-corrected chi connectivity index (χ4v) is 6.38. The third kappa shape index (κ3) is 4.71. The smallest absolute Gasteiger partial charge is 0.164 e. The highest BCUT2D eigenvalue weighted by Crippen LogP contribution is 2.50. The largest absolute Gasteiger partial charge is 0.306 e. The van der Waals surface area contributed by atoms with Crippen LogP contribution in [0.25, 0.3) is 67.3 Å². The van der Waals surface area contributed by atoms with Gasteiger partial charge >= 0.3 is 0 Å². The van der Waals surface area contributed by atoms with Gasteiger partial charge in [-0.3, -0.25) is 0 Å². The van der Waals surface area contributed by atoms with Crippen molar-refractivity contribution in [1.29, 1.82) is 0 Å². The van der Waals surface area contributed by atoms with Crippen LogP contribution in [-0.4, -0.2) is 24.9 Å². The first-order valence-corrected chi connectivity index (χ1v) is 15.5. The lowest BCUT2D eigenvalue weighted by Gasteiger charge is -2.32. The van der Waals surface area contributed by atoms with Crippen LogP contribution in [-0.2, 0) is 0 Å². The molecular weight excluding hydrogens is 576 g/mol. The summed E-state index contributed by atoms with van der Waals surface area (Å²) in [6.07, 6.45) is 3.53. The maximum absolute atomic E-state index is 4.92. The lowest BCUT2D eigenvalue weighted by Crippen LogP contribution is -2.16. The monoisotopic (exact) mass is 602 g/mol. The summed E-state index contributed by atoms with van der Waals surface area (Å²) < 4.78 is 0. The van der Waals surface area contributed by atoms with Gasteiger partial charge < -0.3 is 4.90 Å². The van der Waals surface area contributed by atoms with Crippen LogP contribution in [0.1, 0.15) is 0 Å². The van der Waals surface area contributed by atoms with Crippen molar-refractivity contribution in [2.45, 2.75) is 0 Å². The Labute approximate surface area is 271 Å². The Morgan fingerprint density at radius 3 is 1.64 bits per heavy atom. The molecular formula is C41H26N6. The average Bonchev–Trinajstić information content (AvgIpc) is 3.16. The predicted molar refractivity (Wildman–Crippen MR) is 188 cm³/mol. The van der Waals surface area contributed by atoms with Gasteiger partial charge in [0.05, 0.1) is 23.3 Å². The molecule has 6 heteroatoms. The maximum atomic E-state index is 4.92. The normalized spacial score (nSPS) is 11.8. The summed E-state index contributed by atoms with van der Waals surface area (Å²) in [5.74, 6) is 1.89. The molecule has 1 aliphatic rings. The molecule has 0 bridgehead atoms. The molecule has 8 aromatic rings. The summed E-state index contributed by atoms with van der Waals surface area (Å²) in [4.78, 5) is 26.2. The highest BCUT2D eigenvalue weighted by atomic mass is 15.2. The molecule has 9 rings (SSSR count). The van der Waals surface area contributed by atoms with Crippen molar-refractivity contribution in [2.75, 3.05) is 4.90 Å². The molecule has 0 aliphatic carbocycles. The number of fused-ring (bicyclic) bond motifs is 2. The second-order valence-corrected chi connectivity index (χ2v) is 11.4. The third-order valence-corrected chi connectivity index (χ3v) is 8.57. The standard InChI is InChI=1S/C41H26N6/c1-4-11-27(12-5-1)32-23-31-17-10-18-35-37(31)34(24-32)38-36(25-42-26-43-38)47(35)33-21-19-30(20-22-33)41-45-39(28-13-6-2-7-14-28)44-40(46-41)29-15-8-3-9-16-29/h1-26H. The van der Waals surface area contributed by atoms with E-state index in [2.05, 4.69) is 88.7 Å². The quantitative estimate of drug-likeness (QED) is 0.195. The summed E-state index contributed by atoms with van der Waals surface area (Å²) >= 11 is 0. The molecule has 0 N–H and O–H groups in total. The number of nitrogens with zero attached hydrogens (tertiary/aromatic N) is 6. The lowest BCUT2D eigenvalue weighted by molar-refractivity contribution is 1.07. The zero-order valence-electron chi connectivity index (χ0n) is 25.2. The Balaban J connectivity index is 1.17. The number of rotatable bonds is 5. The molecule has 3 heterocycles. The van der Waals surface area contributed by atoms with Crippen molar-refractivity contribution in [2.24, 2.45) is 0 Å². The van der Waals surface area contributed by atoms with E-state index in [0.29, 0.717) is 17.5 Å². The van der Waals surface area contributed by atoms with E-state index in [1.54, 1.807) is 6.33 Å². The van der Waals surface area contributed by atoms with E-state index in [1.807, 2.05) is 72.9 Å². The minimum absolute atomic E-state index is 0.618. The Kier molecular flexibility index (Phi) is 6.35. The Morgan fingerprint density at radius 2 is 1.02 bits per heavy atom. The fourth-order valence-electron chi connectivity index (χ4n) is 6.38. The van der Waals surface area contributed by atoms with Crippen LogP contribution in [0, 0.1) is 0 Å². The highest BCUT2D eigenvalue weighted by Gasteiger charge is 2.28. The van der Waals surface area contributed by atoms with Gasteiger partial charge in [-0.15, -0.1) is 0 Å². The summed E-state index contributed by atoms with van der Waals surface area (Å²) in [6.45, 7) is 0. The van der Waals surface area contributed by atoms with E-state index in [4.69, 9.17) is 19.9 Å². The summed E-state index contributed by atoms with van der Waals surface area (Å²) in [7, 11) is 0. The summed E-state index contributed by atoms with van der Waals surface area (Å²) in [6, 6.07) is 49.9. The molecule has 0 saturated carbocycles. The Hall–Kier alpha value is -6.53. The molecule has 1 aliphatic heterocycles. The van der Waals surface area contributed by atoms with Gasteiger partial charge in [0.1, 0.15) is 6.33 Å². The molecule has 0 spiro atoms. The van der Waals surface area contributed by atoms with E-state index in [1.165, 1.54) is 10.9 Å². The van der Waals surface area contributed by atoms with Crippen LogP contribution < -0.4 is 4.90 Å². The van der Waals surface area contributed by atoms with Crippen LogP contribution in [0.2, 0.25) is 0 Å². The van der Waals surface area contributed by atoms with Crippen molar-refractivity contribution in [3.05, 3.63) is 158 Å². The molecule has 0 atom stereocenters. The van der Waals surface area contributed by atoms with Crippen molar-refractivity contribution in [3.8, 4) is 56.5 Å². The first kappa shape index (κ1) is 26.8. The van der Waals surface area contributed by atoms with Crippen LogP contribution >= 0.6 is 0 Å². The van der Waals surface area contributed by atoms with Crippen molar-refractivity contribution < 1.29 is 0 Å². The highest BCUT2D eigenvalue weighted by molar-refractivity contribution is 6.14. The minimum atomic E-state index is 0.618. The first-order valence-electron chi connectivity index (χ1n) is 15.5. The van der Waals surface area contributed by atoms with Crippen LogP contribution in [0.4, 0.5) is 17.1 Å². The molecule has 47 heavy (non-hydrogen) atoms. The van der Waals surface area contributed by atoms with Gasteiger partial charge in [-0.2, -0.15) is 0 Å². The second-order valence-electron chi connectivity index (χ2n) is 11.4. The number of anilines is 3. The summed E-state index contributed by atoms with van der Waals surface area (Å²) in [5.41, 5.74) is 10.2. The zero-order valence-corrected chi connectivity index (χ0v) is 25.2. The molecule has 220 valence electrons. The van der Waals surface area contributed by atoms with E-state index in [-0.39, 0.29) is 0 Å². The van der Waals surface area contributed by atoms with Crippen LogP contribution in [0.3, 0.4) is 0 Å². The molecule has 6 nitrogen and oxygen atoms in total. The van der Waals surface area contributed by atoms with E-state index >= 15 is 0 Å². The van der Waals surface area contributed by atoms with Gasteiger partial charge in [0, 0.05) is 33.3 Å². The lowest BCUT2D eigenvalue weighted by atomic mass is 9.90. The maximum Gasteiger partial charge on any atom is 0.164 e. The van der Waals surface area contributed by atoms with Crippen molar-refractivity contribution in [1.82, 2.24) is 24.9 Å². The molecule has 0 amide bonds. The van der Waals surface area contributed by atoms with Gasteiger partial charge in [-0.05, 0) is 59.0 Å². The van der Waals surface area contributed by atoms with Gasteiger partial charge in [-0.25, -0.2) is 24.9 Å². The minimum Gasteiger partial charge on any atom is -0.306 e. The van der Waals surface area contributed by atoms with Crippen LogP contribution in [0.5, 0.6) is 0 Å². The number of aromatic nitrogens is 5. The number of hydrogen-bond donors (Lipinski definition) is 0. The first-order chi connectivity index (χ1) is 23.3. The van der Waals surface area contributed by atoms with E-state index in [9.17, 15) is 0 Å². The van der Waals surface area contributed by atoms with Crippen LogP contribution in [0.15, 0.2) is 158 Å². The van der Waals surface area contributed by atoms with Gasteiger partial charge in [0.15, 0.2) is 17.5 Å². The molecule has 0 unspecified atom stereocenters. The van der Waals surface area contributed by atoms with Crippen molar-refractivity contribution >= 4 is 27.8 Å². The van der Waals surface area contributed by atoms with Gasteiger partial charge in [0.2, 0.25) is 0 Å². The fraction of sp³-hybridized carbons (Fsp3) is 0. The average molecular weight is 603 g/mol. The van der Waals surface area contributed by atoms with E-state index in [0.717, 1.165) is 56.0 Å². The van der Waals surface area contributed by atoms with Gasteiger partial charge in [0.25, 0.3) is 0 Å². The second kappa shape index (κ2) is 11.1. The molecule has 0 radical (unpaired) electrons.